The SMILES string of the molecule is CC(NC(=O)CC1CCCCC1)C(=O)N1C[C@@H](C(F)(F)F)[C@H](C(=O)O)C1. The van der Waals surface area contributed by atoms with E-state index in [1.54, 1.807) is 0 Å². The van der Waals surface area contributed by atoms with Crippen LogP contribution in [0.5, 0.6) is 0 Å². The van der Waals surface area contributed by atoms with Crippen molar-refractivity contribution in [1.29, 1.82) is 0 Å². The van der Waals surface area contributed by atoms with E-state index >= 15 is 0 Å². The lowest BCUT2D eigenvalue weighted by Gasteiger charge is -2.24. The molecule has 2 rings (SSSR count). The standard InChI is InChI=1S/C17H25F3N2O4/c1-10(21-14(23)7-11-5-3-2-4-6-11)15(24)22-8-12(16(25)26)13(9-22)17(18,19)20/h10-13H,2-9H2,1H3,(H,21,23)(H,25,26)/t10?,12-,13-/m1/s1. The third-order valence-electron chi connectivity index (χ3n) is 5.32. The third-order valence-corrected chi connectivity index (χ3v) is 5.32. The average molecular weight is 378 g/mol. The highest BCUT2D eigenvalue weighted by molar-refractivity contribution is 5.88. The van der Waals surface area contributed by atoms with Crippen molar-refractivity contribution in [3.05, 3.63) is 0 Å². The normalized spacial score (nSPS) is 25.8. The Hall–Kier alpha value is -1.80. The lowest BCUT2D eigenvalue weighted by Crippen LogP contribution is -2.47. The van der Waals surface area contributed by atoms with Gasteiger partial charge in [-0.2, -0.15) is 13.2 Å². The van der Waals surface area contributed by atoms with E-state index in [1.165, 1.54) is 6.92 Å². The number of amides is 2. The molecular weight excluding hydrogens is 353 g/mol. The summed E-state index contributed by atoms with van der Waals surface area (Å²) in [7, 11) is 0. The molecule has 0 spiro atoms. The molecule has 26 heavy (non-hydrogen) atoms. The number of alkyl halides is 3. The Morgan fingerprint density at radius 3 is 2.27 bits per heavy atom. The van der Waals surface area contributed by atoms with Gasteiger partial charge in [-0.15, -0.1) is 0 Å². The van der Waals surface area contributed by atoms with Gasteiger partial charge in [0.05, 0.1) is 11.8 Å². The molecule has 3 atom stereocenters. The molecule has 2 N–H and O–H groups in total. The molecule has 2 aliphatic rings. The summed E-state index contributed by atoms with van der Waals surface area (Å²) in [6.45, 7) is 0.223. The van der Waals surface area contributed by atoms with Crippen LogP contribution in [0.1, 0.15) is 45.4 Å². The summed E-state index contributed by atoms with van der Waals surface area (Å²) in [5.41, 5.74) is 0. The van der Waals surface area contributed by atoms with E-state index in [2.05, 4.69) is 5.32 Å². The number of likely N-dealkylation sites (tertiary alicyclic amines) is 1. The third kappa shape index (κ3) is 5.11. The Balaban J connectivity index is 1.90. The van der Waals surface area contributed by atoms with Crippen LogP contribution in [0.3, 0.4) is 0 Å². The number of carboxylic acid groups (broad SMARTS) is 1. The Kier molecular flexibility index (Phi) is 6.52. The molecule has 6 nitrogen and oxygen atoms in total. The Morgan fingerprint density at radius 1 is 1.15 bits per heavy atom. The quantitative estimate of drug-likeness (QED) is 0.768. The smallest absolute Gasteiger partial charge is 0.394 e. The number of hydrogen-bond donors (Lipinski definition) is 2. The number of nitrogens with one attached hydrogen (secondary N) is 1. The molecule has 0 aromatic rings. The van der Waals surface area contributed by atoms with Crippen molar-refractivity contribution >= 4 is 17.8 Å². The summed E-state index contributed by atoms with van der Waals surface area (Å²) in [6, 6.07) is -0.979. The Bertz CT molecular complexity index is 547. The minimum absolute atomic E-state index is 0.281. The van der Waals surface area contributed by atoms with Crippen LogP contribution in [0, 0.1) is 17.8 Å². The average Bonchev–Trinajstić information content (AvgIpc) is 3.00. The van der Waals surface area contributed by atoms with Crippen LogP contribution in [0.25, 0.3) is 0 Å². The van der Waals surface area contributed by atoms with Gasteiger partial charge in [0.2, 0.25) is 11.8 Å². The van der Waals surface area contributed by atoms with Gasteiger partial charge in [0.25, 0.3) is 0 Å². The van der Waals surface area contributed by atoms with Crippen LogP contribution < -0.4 is 5.32 Å². The molecule has 0 aromatic heterocycles. The van der Waals surface area contributed by atoms with E-state index in [9.17, 15) is 27.6 Å². The lowest BCUT2D eigenvalue weighted by molar-refractivity contribution is -0.188. The second kappa shape index (κ2) is 8.26. The highest BCUT2D eigenvalue weighted by Crippen LogP contribution is 2.37. The number of halogens is 3. The van der Waals surface area contributed by atoms with Crippen LogP contribution in [-0.2, 0) is 14.4 Å². The zero-order valence-electron chi connectivity index (χ0n) is 14.7. The van der Waals surface area contributed by atoms with Gasteiger partial charge in [-0.1, -0.05) is 19.3 Å². The molecule has 1 saturated carbocycles. The van der Waals surface area contributed by atoms with Gasteiger partial charge in [-0.05, 0) is 25.7 Å². The number of rotatable bonds is 5. The van der Waals surface area contributed by atoms with Crippen molar-refractivity contribution < 1.29 is 32.7 Å². The van der Waals surface area contributed by atoms with Gasteiger partial charge >= 0.3 is 12.1 Å². The highest BCUT2D eigenvalue weighted by Gasteiger charge is 2.53. The second-order valence-corrected chi connectivity index (χ2v) is 7.33. The molecule has 1 saturated heterocycles. The molecule has 1 heterocycles. The maximum absolute atomic E-state index is 13.0. The molecule has 0 bridgehead atoms. The first-order valence-electron chi connectivity index (χ1n) is 8.97. The number of carboxylic acids is 1. The monoisotopic (exact) mass is 378 g/mol. The fourth-order valence-electron chi connectivity index (χ4n) is 3.86. The number of hydrogen-bond acceptors (Lipinski definition) is 3. The van der Waals surface area contributed by atoms with E-state index in [0.717, 1.165) is 37.0 Å². The minimum Gasteiger partial charge on any atom is -0.481 e. The number of carbonyl (C=O) groups excluding carboxylic acids is 2. The number of nitrogens with zero attached hydrogens (tertiary/aromatic N) is 1. The second-order valence-electron chi connectivity index (χ2n) is 7.33. The van der Waals surface area contributed by atoms with Crippen molar-refractivity contribution in [3.63, 3.8) is 0 Å². The van der Waals surface area contributed by atoms with Gasteiger partial charge in [0.1, 0.15) is 6.04 Å². The topological polar surface area (TPSA) is 86.7 Å². The van der Waals surface area contributed by atoms with Crippen molar-refractivity contribution in [2.24, 2.45) is 17.8 Å². The van der Waals surface area contributed by atoms with E-state index in [4.69, 9.17) is 5.11 Å². The van der Waals surface area contributed by atoms with E-state index in [1.807, 2.05) is 0 Å². The zero-order valence-corrected chi connectivity index (χ0v) is 14.7. The van der Waals surface area contributed by atoms with Crippen LogP contribution in [0.4, 0.5) is 13.2 Å². The molecule has 2 amide bonds. The highest BCUT2D eigenvalue weighted by atomic mass is 19.4. The van der Waals surface area contributed by atoms with Gasteiger partial charge < -0.3 is 15.3 Å². The minimum atomic E-state index is -4.69. The molecule has 1 aliphatic carbocycles. The molecule has 0 radical (unpaired) electrons. The van der Waals surface area contributed by atoms with E-state index < -0.39 is 49.0 Å². The van der Waals surface area contributed by atoms with Gasteiger partial charge in [-0.3, -0.25) is 14.4 Å². The maximum atomic E-state index is 13.0. The van der Waals surface area contributed by atoms with Crippen LogP contribution in [0.15, 0.2) is 0 Å². The molecule has 9 heteroatoms. The van der Waals surface area contributed by atoms with Gasteiger partial charge in [0.15, 0.2) is 0 Å². The van der Waals surface area contributed by atoms with Crippen molar-refractivity contribution in [2.45, 2.75) is 57.7 Å². The van der Waals surface area contributed by atoms with Crippen molar-refractivity contribution in [3.8, 4) is 0 Å². The molecule has 1 aliphatic heterocycles. The maximum Gasteiger partial charge on any atom is 0.394 e. The number of carbonyl (C=O) groups is 3. The Labute approximate surface area is 150 Å². The largest absolute Gasteiger partial charge is 0.481 e. The molecule has 2 fully saturated rings. The lowest BCUT2D eigenvalue weighted by atomic mass is 9.87. The molecule has 1 unspecified atom stereocenters. The van der Waals surface area contributed by atoms with Crippen LogP contribution in [-0.4, -0.2) is 53.1 Å². The molecule has 0 aromatic carbocycles. The summed E-state index contributed by atoms with van der Waals surface area (Å²) >= 11 is 0. The number of aliphatic carboxylic acids is 1. The van der Waals surface area contributed by atoms with E-state index in [0.29, 0.717) is 6.42 Å². The Morgan fingerprint density at radius 2 is 1.77 bits per heavy atom. The van der Waals surface area contributed by atoms with Crippen LogP contribution in [0.2, 0.25) is 0 Å². The van der Waals surface area contributed by atoms with Gasteiger partial charge in [0, 0.05) is 19.5 Å². The summed E-state index contributed by atoms with van der Waals surface area (Å²) in [4.78, 5) is 36.4. The van der Waals surface area contributed by atoms with Crippen molar-refractivity contribution in [1.82, 2.24) is 10.2 Å². The van der Waals surface area contributed by atoms with Crippen molar-refractivity contribution in [2.75, 3.05) is 13.1 Å². The fourth-order valence-corrected chi connectivity index (χ4v) is 3.86. The van der Waals surface area contributed by atoms with Gasteiger partial charge in [-0.25, -0.2) is 0 Å². The molecular formula is C17H25F3N2O4. The predicted molar refractivity (Wildman–Crippen MR) is 86.0 cm³/mol. The molecule has 148 valence electrons. The summed E-state index contributed by atoms with van der Waals surface area (Å²) in [6.07, 6.45) is 0.870. The summed E-state index contributed by atoms with van der Waals surface area (Å²) in [5.74, 6) is -6.03. The summed E-state index contributed by atoms with van der Waals surface area (Å²) < 4.78 is 39.0. The van der Waals surface area contributed by atoms with Crippen LogP contribution >= 0.6 is 0 Å². The predicted octanol–water partition coefficient (Wildman–Crippen LogP) is 2.18. The van der Waals surface area contributed by atoms with E-state index in [-0.39, 0.29) is 11.8 Å². The first-order chi connectivity index (χ1) is 12.1. The first kappa shape index (κ1) is 20.5. The fraction of sp³-hybridized carbons (Fsp3) is 0.824. The summed E-state index contributed by atoms with van der Waals surface area (Å²) in [5, 5.41) is 11.5. The zero-order chi connectivity index (χ0) is 19.5. The first-order valence-corrected chi connectivity index (χ1v) is 8.97.